The molecular formula is C20H21NO3. The average Bonchev–Trinajstić information content (AvgIpc) is 2.99. The summed E-state index contributed by atoms with van der Waals surface area (Å²) >= 11 is 0. The van der Waals surface area contributed by atoms with Crippen LogP contribution in [0.2, 0.25) is 0 Å². The minimum atomic E-state index is -0.383. The van der Waals surface area contributed by atoms with Gasteiger partial charge < -0.3 is 14.4 Å². The molecule has 0 saturated carbocycles. The summed E-state index contributed by atoms with van der Waals surface area (Å²) in [5.41, 5.74) is 3.20. The fourth-order valence-electron chi connectivity index (χ4n) is 4.28. The number of carbonyl (C=O) groups is 1. The largest absolute Gasteiger partial charge is 0.493 e. The number of ether oxygens (including phenoxy) is 2. The van der Waals surface area contributed by atoms with Gasteiger partial charge in [-0.1, -0.05) is 30.3 Å². The van der Waals surface area contributed by atoms with Crippen molar-refractivity contribution >= 4 is 5.91 Å². The van der Waals surface area contributed by atoms with Gasteiger partial charge in [-0.05, 0) is 41.7 Å². The minimum absolute atomic E-state index is 0.235. The van der Waals surface area contributed by atoms with Crippen molar-refractivity contribution in [2.75, 3.05) is 20.8 Å². The topological polar surface area (TPSA) is 38.8 Å². The molecule has 2 aliphatic rings. The van der Waals surface area contributed by atoms with E-state index in [2.05, 4.69) is 29.2 Å². The molecule has 2 aliphatic heterocycles. The van der Waals surface area contributed by atoms with Gasteiger partial charge >= 0.3 is 0 Å². The zero-order valence-corrected chi connectivity index (χ0v) is 14.0. The molecule has 1 unspecified atom stereocenters. The van der Waals surface area contributed by atoms with Crippen LogP contribution >= 0.6 is 0 Å². The third-order valence-corrected chi connectivity index (χ3v) is 5.37. The molecule has 1 amide bonds. The molecule has 2 aromatic carbocycles. The smallest absolute Gasteiger partial charge is 0.223 e. The Morgan fingerprint density at radius 1 is 1.00 bits per heavy atom. The maximum atomic E-state index is 12.5. The van der Waals surface area contributed by atoms with Crippen molar-refractivity contribution in [3.05, 3.63) is 59.2 Å². The molecule has 0 N–H and O–H groups in total. The Morgan fingerprint density at radius 2 is 1.71 bits per heavy atom. The van der Waals surface area contributed by atoms with Gasteiger partial charge in [-0.2, -0.15) is 0 Å². The van der Waals surface area contributed by atoms with E-state index in [1.807, 2.05) is 18.2 Å². The van der Waals surface area contributed by atoms with E-state index >= 15 is 0 Å². The van der Waals surface area contributed by atoms with E-state index in [1.165, 1.54) is 16.7 Å². The number of methoxy groups -OCH3 is 2. The molecule has 2 heterocycles. The first-order valence-electron chi connectivity index (χ1n) is 8.32. The number of nitrogens with zero attached hydrogens (tertiary/aromatic N) is 1. The zero-order chi connectivity index (χ0) is 16.7. The molecule has 0 radical (unpaired) electrons. The number of hydrogen-bond donors (Lipinski definition) is 0. The molecule has 4 rings (SSSR count). The molecule has 124 valence electrons. The summed E-state index contributed by atoms with van der Waals surface area (Å²) in [6.07, 6.45) is 2.23. The van der Waals surface area contributed by atoms with Crippen molar-refractivity contribution < 1.29 is 14.3 Å². The molecule has 0 bridgehead atoms. The normalized spacial score (nSPS) is 22.1. The highest BCUT2D eigenvalue weighted by atomic mass is 16.5. The van der Waals surface area contributed by atoms with Crippen molar-refractivity contribution in [3.8, 4) is 11.5 Å². The standard InChI is InChI=1S/C20H21NO3/c1-23-17-12-14-9-11-21-19(22)8-10-20(21,15-6-4-3-5-7-15)16(14)13-18(17)24-2/h3-7,12-13H,8-11H2,1-2H3. The first-order valence-corrected chi connectivity index (χ1v) is 8.32. The molecule has 4 heteroatoms. The number of carbonyl (C=O) groups excluding carboxylic acids is 1. The summed E-state index contributed by atoms with van der Waals surface area (Å²) in [5.74, 6) is 1.70. The molecular weight excluding hydrogens is 302 g/mol. The van der Waals surface area contributed by atoms with Gasteiger partial charge in [0.25, 0.3) is 0 Å². The third kappa shape index (κ3) is 1.95. The van der Waals surface area contributed by atoms with E-state index in [-0.39, 0.29) is 11.4 Å². The van der Waals surface area contributed by atoms with Gasteiger partial charge in [0.15, 0.2) is 11.5 Å². The summed E-state index contributed by atoms with van der Waals surface area (Å²) < 4.78 is 11.0. The number of hydrogen-bond acceptors (Lipinski definition) is 3. The van der Waals surface area contributed by atoms with Crippen LogP contribution in [-0.4, -0.2) is 31.6 Å². The van der Waals surface area contributed by atoms with Crippen LogP contribution in [0.15, 0.2) is 42.5 Å². The molecule has 1 atom stereocenters. The average molecular weight is 323 g/mol. The molecule has 2 aromatic rings. The molecule has 1 fully saturated rings. The maximum absolute atomic E-state index is 12.5. The van der Waals surface area contributed by atoms with Crippen LogP contribution in [0.5, 0.6) is 11.5 Å². The van der Waals surface area contributed by atoms with Crippen molar-refractivity contribution in [2.45, 2.75) is 24.8 Å². The fourth-order valence-corrected chi connectivity index (χ4v) is 4.28. The van der Waals surface area contributed by atoms with Gasteiger partial charge in [-0.15, -0.1) is 0 Å². The maximum Gasteiger partial charge on any atom is 0.223 e. The summed E-state index contributed by atoms with van der Waals surface area (Å²) in [6, 6.07) is 14.5. The van der Waals surface area contributed by atoms with Crippen LogP contribution < -0.4 is 9.47 Å². The highest BCUT2D eigenvalue weighted by Gasteiger charge is 2.50. The van der Waals surface area contributed by atoms with Crippen molar-refractivity contribution in [1.82, 2.24) is 4.90 Å². The quantitative estimate of drug-likeness (QED) is 0.871. The molecule has 0 aromatic heterocycles. The lowest BCUT2D eigenvalue weighted by Crippen LogP contribution is -2.48. The summed E-state index contributed by atoms with van der Waals surface area (Å²) in [5, 5.41) is 0. The van der Waals surface area contributed by atoms with Crippen molar-refractivity contribution in [2.24, 2.45) is 0 Å². The van der Waals surface area contributed by atoms with Gasteiger partial charge in [-0.3, -0.25) is 4.79 Å². The van der Waals surface area contributed by atoms with Crippen LogP contribution in [0.3, 0.4) is 0 Å². The number of benzene rings is 2. The van der Waals surface area contributed by atoms with Crippen LogP contribution in [0.4, 0.5) is 0 Å². The van der Waals surface area contributed by atoms with E-state index in [0.717, 1.165) is 25.1 Å². The second-order valence-electron chi connectivity index (χ2n) is 6.39. The summed E-state index contributed by atoms with van der Waals surface area (Å²) in [6.45, 7) is 0.746. The molecule has 4 nitrogen and oxygen atoms in total. The van der Waals surface area contributed by atoms with Crippen LogP contribution in [0, 0.1) is 0 Å². The lowest BCUT2D eigenvalue weighted by Gasteiger charge is -2.44. The van der Waals surface area contributed by atoms with Crippen LogP contribution in [0.25, 0.3) is 0 Å². The zero-order valence-electron chi connectivity index (χ0n) is 14.0. The second-order valence-corrected chi connectivity index (χ2v) is 6.39. The predicted molar refractivity (Wildman–Crippen MR) is 91.4 cm³/mol. The van der Waals surface area contributed by atoms with Gasteiger partial charge in [0, 0.05) is 13.0 Å². The van der Waals surface area contributed by atoms with Gasteiger partial charge in [0.1, 0.15) is 0 Å². The number of fused-ring (bicyclic) bond motifs is 3. The second kappa shape index (κ2) is 5.55. The van der Waals surface area contributed by atoms with E-state index in [0.29, 0.717) is 12.2 Å². The fraction of sp³-hybridized carbons (Fsp3) is 0.350. The van der Waals surface area contributed by atoms with E-state index in [9.17, 15) is 4.79 Å². The van der Waals surface area contributed by atoms with Crippen molar-refractivity contribution in [3.63, 3.8) is 0 Å². The molecule has 1 saturated heterocycles. The molecule has 0 aliphatic carbocycles. The van der Waals surface area contributed by atoms with Crippen LogP contribution in [0.1, 0.15) is 29.5 Å². The van der Waals surface area contributed by atoms with E-state index in [4.69, 9.17) is 9.47 Å². The Kier molecular flexibility index (Phi) is 3.48. The lowest BCUT2D eigenvalue weighted by atomic mass is 9.75. The van der Waals surface area contributed by atoms with Crippen LogP contribution in [-0.2, 0) is 16.8 Å². The monoisotopic (exact) mass is 323 g/mol. The number of rotatable bonds is 3. The summed E-state index contributed by atoms with van der Waals surface area (Å²) in [4.78, 5) is 14.6. The predicted octanol–water partition coefficient (Wildman–Crippen LogP) is 3.13. The SMILES string of the molecule is COc1cc2c(cc1OC)C1(c3ccccc3)CCC(=O)N1CC2. The van der Waals surface area contributed by atoms with Crippen molar-refractivity contribution in [1.29, 1.82) is 0 Å². The number of amides is 1. The first kappa shape index (κ1) is 15.1. The Labute approximate surface area is 142 Å². The third-order valence-electron chi connectivity index (χ3n) is 5.37. The Balaban J connectivity index is 1.98. The minimum Gasteiger partial charge on any atom is -0.493 e. The first-order chi connectivity index (χ1) is 11.7. The molecule has 0 spiro atoms. The van der Waals surface area contributed by atoms with Gasteiger partial charge in [0.05, 0.1) is 19.8 Å². The highest BCUT2D eigenvalue weighted by molar-refractivity contribution is 5.82. The Hall–Kier alpha value is -2.49. The highest BCUT2D eigenvalue weighted by Crippen LogP contribution is 2.50. The Morgan fingerprint density at radius 3 is 2.42 bits per heavy atom. The van der Waals surface area contributed by atoms with E-state index in [1.54, 1.807) is 14.2 Å². The van der Waals surface area contributed by atoms with Gasteiger partial charge in [0.2, 0.25) is 5.91 Å². The lowest BCUT2D eigenvalue weighted by molar-refractivity contribution is -0.131. The Bertz CT molecular complexity index is 787. The molecule has 24 heavy (non-hydrogen) atoms. The van der Waals surface area contributed by atoms with Gasteiger partial charge in [-0.25, -0.2) is 0 Å². The van der Waals surface area contributed by atoms with E-state index < -0.39 is 0 Å². The summed E-state index contributed by atoms with van der Waals surface area (Å²) in [7, 11) is 3.31.